The van der Waals surface area contributed by atoms with Crippen LogP contribution in [-0.4, -0.2) is 54.4 Å². The minimum atomic E-state index is -0.188. The molecule has 0 aromatic heterocycles. The first kappa shape index (κ1) is 18.2. The number of piperidine rings is 1. The predicted octanol–water partition coefficient (Wildman–Crippen LogP) is 1.96. The minimum absolute atomic E-state index is 0.0226. The number of carbonyl (C=O) groups excluding carboxylic acids is 1. The van der Waals surface area contributed by atoms with E-state index < -0.39 is 0 Å². The summed E-state index contributed by atoms with van der Waals surface area (Å²) in [5.74, 6) is 0. The second kappa shape index (κ2) is 8.59. The molecule has 1 fully saturated rings. The molecule has 124 valence electrons. The molecule has 0 aliphatic carbocycles. The number of carbonyl (C=O) groups is 1. The van der Waals surface area contributed by atoms with Crippen LogP contribution in [0, 0.1) is 5.41 Å². The number of urea groups is 1. The number of nitrogens with one attached hydrogen (secondary N) is 2. The lowest BCUT2D eigenvalue weighted by molar-refractivity contribution is 0.183. The van der Waals surface area contributed by atoms with Crippen LogP contribution in [0.2, 0.25) is 0 Å². The highest BCUT2D eigenvalue weighted by Crippen LogP contribution is 2.20. The van der Waals surface area contributed by atoms with Gasteiger partial charge in [-0.25, -0.2) is 4.79 Å². The Morgan fingerprint density at radius 1 is 1.19 bits per heavy atom. The topological polar surface area (TPSA) is 64.6 Å². The van der Waals surface area contributed by atoms with Crippen molar-refractivity contribution in [1.29, 1.82) is 0 Å². The molecule has 2 unspecified atom stereocenters. The molecule has 2 atom stereocenters. The molecule has 0 aromatic carbocycles. The van der Waals surface area contributed by atoms with Crippen molar-refractivity contribution in [3.63, 3.8) is 0 Å². The number of rotatable bonds is 6. The Kier molecular flexibility index (Phi) is 7.46. The summed E-state index contributed by atoms with van der Waals surface area (Å²) < 4.78 is 0. The lowest BCUT2D eigenvalue weighted by atomic mass is 9.88. The van der Waals surface area contributed by atoms with E-state index in [1.165, 1.54) is 19.3 Å². The van der Waals surface area contributed by atoms with Crippen molar-refractivity contribution < 1.29 is 9.90 Å². The van der Waals surface area contributed by atoms with E-state index in [1.807, 2.05) is 6.92 Å². The molecule has 3 N–H and O–H groups in total. The van der Waals surface area contributed by atoms with Crippen LogP contribution in [0.3, 0.4) is 0 Å². The third-order valence-corrected chi connectivity index (χ3v) is 3.77. The lowest BCUT2D eigenvalue weighted by Crippen LogP contribution is -2.50. The summed E-state index contributed by atoms with van der Waals surface area (Å²) in [6.07, 6.45) is 4.61. The Bertz CT molecular complexity index is 309. The summed E-state index contributed by atoms with van der Waals surface area (Å²) in [5.41, 5.74) is 0.0834. The number of hydrogen-bond acceptors (Lipinski definition) is 3. The molecule has 1 rings (SSSR count). The summed E-state index contributed by atoms with van der Waals surface area (Å²) in [5, 5.41) is 15.2. The molecule has 1 saturated heterocycles. The maximum atomic E-state index is 12.0. The van der Waals surface area contributed by atoms with Gasteiger partial charge in [0, 0.05) is 12.6 Å². The molecule has 5 nitrogen and oxygen atoms in total. The van der Waals surface area contributed by atoms with E-state index in [2.05, 4.69) is 36.3 Å². The molecule has 1 heterocycles. The first-order valence-corrected chi connectivity index (χ1v) is 8.20. The highest BCUT2D eigenvalue weighted by molar-refractivity contribution is 5.74. The quantitative estimate of drug-likeness (QED) is 0.702. The Labute approximate surface area is 129 Å². The Hall–Kier alpha value is -0.810. The van der Waals surface area contributed by atoms with Crippen LogP contribution < -0.4 is 10.6 Å². The number of hydrogen-bond donors (Lipinski definition) is 3. The van der Waals surface area contributed by atoms with E-state index in [-0.39, 0.29) is 30.1 Å². The van der Waals surface area contributed by atoms with Crippen LogP contribution in [0.25, 0.3) is 0 Å². The van der Waals surface area contributed by atoms with Gasteiger partial charge in [0.15, 0.2) is 0 Å². The summed E-state index contributed by atoms with van der Waals surface area (Å²) in [4.78, 5) is 14.4. The molecule has 5 heteroatoms. The fourth-order valence-corrected chi connectivity index (χ4v) is 2.93. The summed E-state index contributed by atoms with van der Waals surface area (Å²) >= 11 is 0. The molecule has 0 bridgehead atoms. The fourth-order valence-electron chi connectivity index (χ4n) is 2.93. The molecule has 21 heavy (non-hydrogen) atoms. The molecule has 1 aliphatic rings. The van der Waals surface area contributed by atoms with Gasteiger partial charge in [0.05, 0.1) is 12.6 Å². The van der Waals surface area contributed by atoms with Crippen LogP contribution in [0.1, 0.15) is 53.4 Å². The van der Waals surface area contributed by atoms with E-state index in [0.29, 0.717) is 0 Å². The number of aliphatic hydroxyl groups is 1. The first-order valence-electron chi connectivity index (χ1n) is 8.20. The predicted molar refractivity (Wildman–Crippen MR) is 86.4 cm³/mol. The molecule has 0 aromatic rings. The number of likely N-dealkylation sites (tertiary alicyclic amines) is 1. The molecular formula is C16H33N3O2. The van der Waals surface area contributed by atoms with Gasteiger partial charge in [-0.15, -0.1) is 0 Å². The van der Waals surface area contributed by atoms with Crippen molar-refractivity contribution in [2.24, 2.45) is 5.41 Å². The third-order valence-electron chi connectivity index (χ3n) is 3.77. The monoisotopic (exact) mass is 299 g/mol. The van der Waals surface area contributed by atoms with Crippen molar-refractivity contribution in [2.75, 3.05) is 26.2 Å². The maximum Gasteiger partial charge on any atom is 0.315 e. The maximum absolute atomic E-state index is 12.0. The van der Waals surface area contributed by atoms with Gasteiger partial charge in [-0.3, -0.25) is 0 Å². The number of nitrogens with zero attached hydrogens (tertiary/aromatic N) is 1. The average Bonchev–Trinajstić information content (AvgIpc) is 2.37. The van der Waals surface area contributed by atoms with Gasteiger partial charge in [0.1, 0.15) is 0 Å². The van der Waals surface area contributed by atoms with Crippen molar-refractivity contribution in [3.05, 3.63) is 0 Å². The van der Waals surface area contributed by atoms with Gasteiger partial charge in [0.25, 0.3) is 0 Å². The van der Waals surface area contributed by atoms with Crippen LogP contribution in [0.15, 0.2) is 0 Å². The molecule has 0 saturated carbocycles. The molecule has 0 radical (unpaired) electrons. The standard InChI is InChI=1S/C16H33N3O2/c1-13(11-19-8-6-5-7-9-19)17-15(21)18-14(12-20)10-16(2,3)4/h13-14,20H,5-12H2,1-4H3,(H2,17,18,21). The second-order valence-electron chi connectivity index (χ2n) is 7.52. The van der Waals surface area contributed by atoms with E-state index in [4.69, 9.17) is 0 Å². The molecule has 2 amide bonds. The van der Waals surface area contributed by atoms with Crippen molar-refractivity contribution in [1.82, 2.24) is 15.5 Å². The van der Waals surface area contributed by atoms with Gasteiger partial charge < -0.3 is 20.6 Å². The number of aliphatic hydroxyl groups excluding tert-OH is 1. The SMILES string of the molecule is CC(CN1CCCCC1)NC(=O)NC(CO)CC(C)(C)C. The van der Waals surface area contributed by atoms with Crippen LogP contribution in [0.4, 0.5) is 4.79 Å². The van der Waals surface area contributed by atoms with E-state index >= 15 is 0 Å². The van der Waals surface area contributed by atoms with E-state index in [9.17, 15) is 9.90 Å². The zero-order valence-corrected chi connectivity index (χ0v) is 14.1. The highest BCUT2D eigenvalue weighted by Gasteiger charge is 2.21. The Balaban J connectivity index is 2.30. The number of amides is 2. The van der Waals surface area contributed by atoms with E-state index in [1.54, 1.807) is 0 Å². The zero-order chi connectivity index (χ0) is 15.9. The lowest BCUT2D eigenvalue weighted by Gasteiger charge is -2.30. The molecule has 0 spiro atoms. The van der Waals surface area contributed by atoms with Crippen LogP contribution >= 0.6 is 0 Å². The first-order chi connectivity index (χ1) is 9.80. The van der Waals surface area contributed by atoms with Crippen LogP contribution in [0.5, 0.6) is 0 Å². The Morgan fingerprint density at radius 2 is 1.81 bits per heavy atom. The second-order valence-corrected chi connectivity index (χ2v) is 7.52. The van der Waals surface area contributed by atoms with E-state index in [0.717, 1.165) is 26.1 Å². The summed E-state index contributed by atoms with van der Waals surface area (Å²) in [7, 11) is 0. The van der Waals surface area contributed by atoms with Crippen molar-refractivity contribution in [2.45, 2.75) is 65.5 Å². The molecule has 1 aliphatic heterocycles. The third kappa shape index (κ3) is 8.27. The van der Waals surface area contributed by atoms with Crippen LogP contribution in [-0.2, 0) is 0 Å². The smallest absolute Gasteiger partial charge is 0.315 e. The highest BCUT2D eigenvalue weighted by atomic mass is 16.3. The van der Waals surface area contributed by atoms with Crippen molar-refractivity contribution in [3.8, 4) is 0 Å². The minimum Gasteiger partial charge on any atom is -0.394 e. The summed E-state index contributed by atoms with van der Waals surface area (Å²) in [6, 6.07) is -0.243. The van der Waals surface area contributed by atoms with Gasteiger partial charge >= 0.3 is 6.03 Å². The zero-order valence-electron chi connectivity index (χ0n) is 14.1. The summed E-state index contributed by atoms with van der Waals surface area (Å²) in [6.45, 7) is 11.5. The van der Waals surface area contributed by atoms with Crippen molar-refractivity contribution >= 4 is 6.03 Å². The van der Waals surface area contributed by atoms with Gasteiger partial charge in [-0.05, 0) is 44.7 Å². The van der Waals surface area contributed by atoms with Gasteiger partial charge in [-0.1, -0.05) is 27.2 Å². The fraction of sp³-hybridized carbons (Fsp3) is 0.938. The Morgan fingerprint density at radius 3 is 2.33 bits per heavy atom. The average molecular weight is 299 g/mol. The van der Waals surface area contributed by atoms with Gasteiger partial charge in [0.2, 0.25) is 0 Å². The molecular weight excluding hydrogens is 266 g/mol. The van der Waals surface area contributed by atoms with Gasteiger partial charge in [-0.2, -0.15) is 0 Å². The normalized spacial score (nSPS) is 19.9. The largest absolute Gasteiger partial charge is 0.394 e.